The Bertz CT molecular complexity index is 1530. The molecule has 11 nitrogen and oxygen atoms in total. The Morgan fingerprint density at radius 1 is 1.03 bits per heavy atom. The molecule has 0 unspecified atom stereocenters. The molecule has 0 aliphatic heterocycles. The Morgan fingerprint density at radius 2 is 1.92 bits per heavy atom. The van der Waals surface area contributed by atoms with Crippen molar-refractivity contribution in [2.24, 2.45) is 7.05 Å². The van der Waals surface area contributed by atoms with Crippen LogP contribution in [-0.4, -0.2) is 48.8 Å². The highest BCUT2D eigenvalue weighted by molar-refractivity contribution is 5.95. The minimum Gasteiger partial charge on any atom is -0.491 e. The lowest BCUT2D eigenvalue weighted by molar-refractivity contribution is -0.396. The second-order valence-corrected chi connectivity index (χ2v) is 8.23. The maximum Gasteiger partial charge on any atom is 0.434 e. The van der Waals surface area contributed by atoms with Gasteiger partial charge in [0.2, 0.25) is 5.95 Å². The summed E-state index contributed by atoms with van der Waals surface area (Å²) < 4.78 is 14.9. The molecule has 2 aromatic carbocycles. The summed E-state index contributed by atoms with van der Waals surface area (Å²) in [5.74, 6) is 0.958. The number of anilines is 2. The number of hydrogen-bond donors (Lipinski definition) is 1. The molecule has 11 heteroatoms. The molecule has 5 rings (SSSR count). The summed E-state index contributed by atoms with van der Waals surface area (Å²) >= 11 is 0. The SMILES string of the molecule is Cn1cc(-c2ccnc(Nc3cccc(OCCOCCn4ccnc4[N+](=O)[O-])c3)n2)c2ccccc21. The summed E-state index contributed by atoms with van der Waals surface area (Å²) in [5.41, 5.74) is 3.81. The standard InChI is InChI=1S/C26H25N7O4/c1-31-18-22(21-7-2-3-8-24(21)31)23-9-10-27-25(30-23)29-19-5-4-6-20(17-19)37-16-15-36-14-13-32-12-11-28-26(32)33(34)35/h2-12,17-18H,13-16H2,1H3,(H,27,29,30). The molecule has 0 fully saturated rings. The highest BCUT2D eigenvalue weighted by Crippen LogP contribution is 2.29. The number of fused-ring (bicyclic) bond motifs is 1. The van der Waals surface area contributed by atoms with Crippen molar-refractivity contribution in [1.82, 2.24) is 24.1 Å². The van der Waals surface area contributed by atoms with Gasteiger partial charge >= 0.3 is 5.95 Å². The number of imidazole rings is 1. The Labute approximate surface area is 212 Å². The van der Waals surface area contributed by atoms with E-state index in [4.69, 9.17) is 14.5 Å². The maximum atomic E-state index is 10.9. The average Bonchev–Trinajstić information content (AvgIpc) is 3.51. The van der Waals surface area contributed by atoms with Gasteiger partial charge in [-0.3, -0.25) is 0 Å². The van der Waals surface area contributed by atoms with E-state index in [1.54, 1.807) is 12.4 Å². The zero-order chi connectivity index (χ0) is 25.6. The van der Waals surface area contributed by atoms with Gasteiger partial charge in [0.25, 0.3) is 0 Å². The fraction of sp³-hybridized carbons (Fsp3) is 0.192. The smallest absolute Gasteiger partial charge is 0.434 e. The van der Waals surface area contributed by atoms with Crippen molar-refractivity contribution in [3.05, 3.63) is 89.5 Å². The number of rotatable bonds is 11. The summed E-state index contributed by atoms with van der Waals surface area (Å²) in [6.45, 7) is 1.33. The lowest BCUT2D eigenvalue weighted by atomic mass is 10.1. The summed E-state index contributed by atoms with van der Waals surface area (Å²) in [4.78, 5) is 23.2. The minimum atomic E-state index is -0.519. The van der Waals surface area contributed by atoms with Crippen LogP contribution in [0.1, 0.15) is 0 Å². The van der Waals surface area contributed by atoms with Gasteiger partial charge in [-0.15, -0.1) is 0 Å². The average molecular weight is 500 g/mol. The van der Waals surface area contributed by atoms with Crippen molar-refractivity contribution in [1.29, 1.82) is 0 Å². The molecule has 0 aliphatic rings. The number of ether oxygens (including phenoxy) is 2. The van der Waals surface area contributed by atoms with E-state index in [1.807, 2.05) is 49.5 Å². The van der Waals surface area contributed by atoms with Crippen molar-refractivity contribution in [3.63, 3.8) is 0 Å². The van der Waals surface area contributed by atoms with Crippen molar-refractivity contribution in [2.45, 2.75) is 6.54 Å². The second-order valence-electron chi connectivity index (χ2n) is 8.23. The zero-order valence-corrected chi connectivity index (χ0v) is 20.2. The van der Waals surface area contributed by atoms with E-state index in [9.17, 15) is 10.1 Å². The topological polar surface area (TPSA) is 122 Å². The van der Waals surface area contributed by atoms with Crippen LogP contribution in [0.5, 0.6) is 5.75 Å². The zero-order valence-electron chi connectivity index (χ0n) is 20.2. The van der Waals surface area contributed by atoms with E-state index in [0.29, 0.717) is 38.1 Å². The number of hydrogen-bond acceptors (Lipinski definition) is 8. The third-order valence-electron chi connectivity index (χ3n) is 5.75. The third kappa shape index (κ3) is 5.57. The van der Waals surface area contributed by atoms with Gasteiger partial charge in [0.15, 0.2) is 0 Å². The Hall–Kier alpha value is -4.77. The Kier molecular flexibility index (Phi) is 7.04. The van der Waals surface area contributed by atoms with E-state index in [1.165, 1.54) is 10.8 Å². The number of aromatic nitrogens is 5. The van der Waals surface area contributed by atoms with E-state index in [2.05, 4.69) is 38.2 Å². The minimum absolute atomic E-state index is 0.198. The summed E-state index contributed by atoms with van der Waals surface area (Å²) in [6, 6.07) is 17.6. The third-order valence-corrected chi connectivity index (χ3v) is 5.75. The predicted molar refractivity (Wildman–Crippen MR) is 139 cm³/mol. The molecule has 0 radical (unpaired) electrons. The predicted octanol–water partition coefficient (Wildman–Crippen LogP) is 4.58. The Balaban J connectivity index is 1.15. The van der Waals surface area contributed by atoms with E-state index in [0.717, 1.165) is 27.8 Å². The number of nitrogens with zero attached hydrogens (tertiary/aromatic N) is 6. The van der Waals surface area contributed by atoms with Gasteiger partial charge in [0, 0.05) is 47.7 Å². The van der Waals surface area contributed by atoms with Gasteiger partial charge in [-0.25, -0.2) is 14.5 Å². The second kappa shape index (κ2) is 10.9. The van der Waals surface area contributed by atoms with Crippen molar-refractivity contribution in [2.75, 3.05) is 25.1 Å². The number of nitrogens with one attached hydrogen (secondary N) is 1. The van der Waals surface area contributed by atoms with E-state index in [-0.39, 0.29) is 5.95 Å². The van der Waals surface area contributed by atoms with Gasteiger partial charge < -0.3 is 29.5 Å². The molecule has 0 saturated carbocycles. The van der Waals surface area contributed by atoms with E-state index >= 15 is 0 Å². The van der Waals surface area contributed by atoms with Gasteiger partial charge in [0.1, 0.15) is 24.8 Å². The van der Waals surface area contributed by atoms with Crippen LogP contribution in [-0.2, 0) is 18.3 Å². The molecule has 0 amide bonds. The molecule has 0 aliphatic carbocycles. The first-order valence-electron chi connectivity index (χ1n) is 11.7. The molecule has 0 bridgehead atoms. The van der Waals surface area contributed by atoms with Crippen LogP contribution in [0.25, 0.3) is 22.2 Å². The molecule has 37 heavy (non-hydrogen) atoms. The molecule has 188 valence electrons. The monoisotopic (exact) mass is 499 g/mol. The highest BCUT2D eigenvalue weighted by atomic mass is 16.6. The highest BCUT2D eigenvalue weighted by Gasteiger charge is 2.13. The molecule has 0 atom stereocenters. The maximum absolute atomic E-state index is 10.9. The fourth-order valence-corrected chi connectivity index (χ4v) is 4.04. The summed E-state index contributed by atoms with van der Waals surface area (Å²) in [7, 11) is 2.02. The lowest BCUT2D eigenvalue weighted by Gasteiger charge is -2.10. The molecule has 1 N–H and O–H groups in total. The van der Waals surface area contributed by atoms with Gasteiger partial charge in [-0.1, -0.05) is 29.2 Å². The lowest BCUT2D eigenvalue weighted by Crippen LogP contribution is -2.12. The first kappa shape index (κ1) is 23.9. The van der Waals surface area contributed by atoms with Crippen LogP contribution in [0.15, 0.2) is 79.4 Å². The number of benzene rings is 2. The molecular weight excluding hydrogens is 474 g/mol. The molecular formula is C26H25N7O4. The van der Waals surface area contributed by atoms with Crippen LogP contribution in [0.4, 0.5) is 17.6 Å². The number of nitro groups is 1. The van der Waals surface area contributed by atoms with Crippen LogP contribution in [0.3, 0.4) is 0 Å². The Morgan fingerprint density at radius 3 is 2.81 bits per heavy atom. The largest absolute Gasteiger partial charge is 0.491 e. The first-order valence-corrected chi connectivity index (χ1v) is 11.7. The van der Waals surface area contributed by atoms with Crippen molar-refractivity contribution < 1.29 is 14.4 Å². The first-order chi connectivity index (χ1) is 18.1. The van der Waals surface area contributed by atoms with Crippen molar-refractivity contribution in [3.8, 4) is 17.0 Å². The normalized spacial score (nSPS) is 11.1. The summed E-state index contributed by atoms with van der Waals surface area (Å²) in [6.07, 6.45) is 6.76. The molecule has 3 aromatic heterocycles. The molecule has 0 spiro atoms. The number of aryl methyl sites for hydroxylation is 1. The number of para-hydroxylation sites is 1. The van der Waals surface area contributed by atoms with Crippen LogP contribution in [0.2, 0.25) is 0 Å². The van der Waals surface area contributed by atoms with Crippen LogP contribution in [0, 0.1) is 10.1 Å². The van der Waals surface area contributed by atoms with Gasteiger partial charge in [0.05, 0.1) is 25.5 Å². The summed E-state index contributed by atoms with van der Waals surface area (Å²) in [5, 5.41) is 15.3. The fourth-order valence-electron chi connectivity index (χ4n) is 4.04. The van der Waals surface area contributed by atoms with Crippen LogP contribution < -0.4 is 10.1 Å². The van der Waals surface area contributed by atoms with Crippen LogP contribution >= 0.6 is 0 Å². The quantitative estimate of drug-likeness (QED) is 0.159. The van der Waals surface area contributed by atoms with Gasteiger partial charge in [-0.05, 0) is 29.2 Å². The molecule has 5 aromatic rings. The molecule has 3 heterocycles. The van der Waals surface area contributed by atoms with Gasteiger partial charge in [-0.2, -0.15) is 0 Å². The molecule has 0 saturated heterocycles. The van der Waals surface area contributed by atoms with Crippen molar-refractivity contribution >= 4 is 28.5 Å². The van der Waals surface area contributed by atoms with E-state index < -0.39 is 4.92 Å².